The van der Waals surface area contributed by atoms with Gasteiger partial charge < -0.3 is 10.6 Å². The van der Waals surface area contributed by atoms with Crippen LogP contribution in [0.4, 0.5) is 0 Å². The Kier molecular flexibility index (Phi) is 5.49. The summed E-state index contributed by atoms with van der Waals surface area (Å²) < 4.78 is 0.542. The number of thioether (sulfide) groups is 2. The molecule has 2 aliphatic rings. The molecule has 0 atom stereocenters. The maximum atomic E-state index is 12.3. The van der Waals surface area contributed by atoms with Gasteiger partial charge in [-0.05, 0) is 61.6 Å². The average Bonchev–Trinajstić information content (AvgIpc) is 2.57. The monoisotopic (exact) mass is 322 g/mol. The van der Waals surface area contributed by atoms with Crippen molar-refractivity contribution in [3.8, 4) is 0 Å². The third kappa shape index (κ3) is 4.18. The zero-order chi connectivity index (χ0) is 14.5. The number of amides is 1. The molecule has 0 bridgehead atoms. The van der Waals surface area contributed by atoms with Crippen LogP contribution in [0.5, 0.6) is 0 Å². The van der Waals surface area contributed by atoms with Gasteiger partial charge in [0.15, 0.2) is 0 Å². The normalized spacial score (nSPS) is 21.1. The highest BCUT2D eigenvalue weighted by molar-refractivity contribution is 8.16. The Hall–Kier alpha value is -0.650. The van der Waals surface area contributed by atoms with Gasteiger partial charge in [0.25, 0.3) is 5.91 Å². The van der Waals surface area contributed by atoms with E-state index in [1.54, 1.807) is 0 Å². The van der Waals surface area contributed by atoms with Gasteiger partial charge in [-0.25, -0.2) is 0 Å². The minimum absolute atomic E-state index is 0.0670. The quantitative estimate of drug-likeness (QED) is 0.897. The molecule has 1 aromatic rings. The lowest BCUT2D eigenvalue weighted by atomic mass is 10.1. The van der Waals surface area contributed by atoms with Crippen LogP contribution < -0.4 is 10.6 Å². The minimum atomic E-state index is 0.0670. The van der Waals surface area contributed by atoms with E-state index in [4.69, 9.17) is 0 Å². The zero-order valence-electron chi connectivity index (χ0n) is 12.1. The highest BCUT2D eigenvalue weighted by Crippen LogP contribution is 2.43. The molecule has 114 valence electrons. The molecule has 21 heavy (non-hydrogen) atoms. The van der Waals surface area contributed by atoms with E-state index in [0.29, 0.717) is 10.6 Å². The Morgan fingerprint density at radius 2 is 1.76 bits per heavy atom. The molecule has 0 aromatic heterocycles. The largest absolute Gasteiger partial charge is 0.349 e. The molecule has 1 aromatic carbocycles. The predicted molar refractivity (Wildman–Crippen MR) is 92.1 cm³/mol. The topological polar surface area (TPSA) is 41.1 Å². The number of nitrogens with one attached hydrogen (secondary N) is 2. The first-order valence-electron chi connectivity index (χ1n) is 7.68. The zero-order valence-corrected chi connectivity index (χ0v) is 13.8. The summed E-state index contributed by atoms with van der Waals surface area (Å²) in [5.74, 6) is 2.56. The Labute approximate surface area is 135 Å². The van der Waals surface area contributed by atoms with Gasteiger partial charge in [0.05, 0.1) is 4.58 Å². The van der Waals surface area contributed by atoms with E-state index in [0.717, 1.165) is 31.5 Å². The summed E-state index contributed by atoms with van der Waals surface area (Å²) in [7, 11) is 0. The maximum absolute atomic E-state index is 12.3. The Morgan fingerprint density at radius 1 is 1.10 bits per heavy atom. The minimum Gasteiger partial charge on any atom is -0.349 e. The summed E-state index contributed by atoms with van der Waals surface area (Å²) in [5, 5.41) is 6.46. The van der Waals surface area contributed by atoms with E-state index in [2.05, 4.69) is 22.8 Å². The van der Waals surface area contributed by atoms with E-state index in [9.17, 15) is 4.79 Å². The Morgan fingerprint density at radius 3 is 2.43 bits per heavy atom. The third-order valence-corrected chi connectivity index (χ3v) is 6.96. The van der Waals surface area contributed by atoms with Crippen LogP contribution in [0.3, 0.4) is 0 Å². The van der Waals surface area contributed by atoms with Gasteiger partial charge in [-0.3, -0.25) is 4.79 Å². The van der Waals surface area contributed by atoms with Crippen molar-refractivity contribution < 1.29 is 4.79 Å². The SMILES string of the molecule is O=C(NC1CCNCC1)c1ccc(C2SCCCS2)cc1. The molecule has 3 rings (SSSR count). The van der Waals surface area contributed by atoms with Gasteiger partial charge in [-0.2, -0.15) is 0 Å². The molecule has 2 heterocycles. The summed E-state index contributed by atoms with van der Waals surface area (Å²) in [6.45, 7) is 2.00. The van der Waals surface area contributed by atoms with Crippen LogP contribution in [0.1, 0.15) is 39.8 Å². The molecule has 2 N–H and O–H groups in total. The highest BCUT2D eigenvalue weighted by Gasteiger charge is 2.18. The van der Waals surface area contributed by atoms with E-state index in [-0.39, 0.29) is 5.91 Å². The van der Waals surface area contributed by atoms with Gasteiger partial charge in [0, 0.05) is 11.6 Å². The van der Waals surface area contributed by atoms with Crippen molar-refractivity contribution in [2.75, 3.05) is 24.6 Å². The predicted octanol–water partition coefficient (Wildman–Crippen LogP) is 3.04. The van der Waals surface area contributed by atoms with Crippen LogP contribution >= 0.6 is 23.5 Å². The number of hydrogen-bond acceptors (Lipinski definition) is 4. The standard InChI is InChI=1S/C16H22N2OS2/c19-15(18-14-6-8-17-9-7-14)12-2-4-13(5-3-12)16-20-10-1-11-21-16/h2-5,14,16-17H,1,6-11H2,(H,18,19). The van der Waals surface area contributed by atoms with Crippen LogP contribution in [0.25, 0.3) is 0 Å². The molecule has 2 aliphatic heterocycles. The van der Waals surface area contributed by atoms with E-state index in [1.807, 2.05) is 35.7 Å². The van der Waals surface area contributed by atoms with Gasteiger partial charge in [0.1, 0.15) is 0 Å². The van der Waals surface area contributed by atoms with Crippen molar-refractivity contribution in [2.24, 2.45) is 0 Å². The van der Waals surface area contributed by atoms with Gasteiger partial charge in [0.2, 0.25) is 0 Å². The van der Waals surface area contributed by atoms with E-state index in [1.165, 1.54) is 23.5 Å². The van der Waals surface area contributed by atoms with Gasteiger partial charge in [-0.15, -0.1) is 23.5 Å². The van der Waals surface area contributed by atoms with Crippen LogP contribution in [0.2, 0.25) is 0 Å². The first kappa shape index (κ1) is 15.3. The Bertz CT molecular complexity index is 466. The lowest BCUT2D eigenvalue weighted by Crippen LogP contribution is -2.42. The van der Waals surface area contributed by atoms with E-state index < -0.39 is 0 Å². The molecule has 1 amide bonds. The number of piperidine rings is 1. The summed E-state index contributed by atoms with van der Waals surface area (Å²) in [6.07, 6.45) is 3.36. The maximum Gasteiger partial charge on any atom is 0.251 e. The molecule has 3 nitrogen and oxygen atoms in total. The second-order valence-electron chi connectivity index (χ2n) is 5.55. The number of rotatable bonds is 3. The number of carbonyl (C=O) groups excluding carboxylic acids is 1. The van der Waals surface area contributed by atoms with Crippen molar-refractivity contribution in [1.29, 1.82) is 0 Å². The molecule has 0 aliphatic carbocycles. The third-order valence-electron chi connectivity index (χ3n) is 3.95. The van der Waals surface area contributed by atoms with Crippen molar-refractivity contribution in [3.05, 3.63) is 35.4 Å². The van der Waals surface area contributed by atoms with Crippen LogP contribution in [0.15, 0.2) is 24.3 Å². The summed E-state index contributed by atoms with van der Waals surface area (Å²) in [4.78, 5) is 12.3. The molecule has 0 unspecified atom stereocenters. The molecule has 0 spiro atoms. The van der Waals surface area contributed by atoms with Crippen LogP contribution in [0, 0.1) is 0 Å². The fourth-order valence-electron chi connectivity index (χ4n) is 2.71. The van der Waals surface area contributed by atoms with Crippen molar-refractivity contribution in [1.82, 2.24) is 10.6 Å². The number of benzene rings is 1. The van der Waals surface area contributed by atoms with E-state index >= 15 is 0 Å². The fourth-order valence-corrected chi connectivity index (χ4v) is 5.60. The average molecular weight is 322 g/mol. The van der Waals surface area contributed by atoms with Crippen molar-refractivity contribution >= 4 is 29.4 Å². The van der Waals surface area contributed by atoms with Crippen molar-refractivity contribution in [2.45, 2.75) is 29.9 Å². The van der Waals surface area contributed by atoms with Crippen LogP contribution in [-0.2, 0) is 0 Å². The Balaban J connectivity index is 1.58. The number of carbonyl (C=O) groups is 1. The first-order chi connectivity index (χ1) is 10.3. The lowest BCUT2D eigenvalue weighted by molar-refractivity contribution is 0.0929. The second kappa shape index (κ2) is 7.56. The molecule has 2 fully saturated rings. The molecule has 0 saturated carbocycles. The molecule has 0 radical (unpaired) electrons. The van der Waals surface area contributed by atoms with Crippen molar-refractivity contribution in [3.63, 3.8) is 0 Å². The fraction of sp³-hybridized carbons (Fsp3) is 0.562. The molecule has 5 heteroatoms. The molecular formula is C16H22N2OS2. The highest BCUT2D eigenvalue weighted by atomic mass is 32.2. The van der Waals surface area contributed by atoms with Gasteiger partial charge in [-0.1, -0.05) is 12.1 Å². The second-order valence-corrected chi connectivity index (χ2v) is 8.27. The van der Waals surface area contributed by atoms with Crippen LogP contribution in [-0.4, -0.2) is 36.5 Å². The lowest BCUT2D eigenvalue weighted by Gasteiger charge is -2.24. The first-order valence-corrected chi connectivity index (χ1v) is 9.77. The molecule has 2 saturated heterocycles. The summed E-state index contributed by atoms with van der Waals surface area (Å²) >= 11 is 4.03. The molecular weight excluding hydrogens is 300 g/mol. The van der Waals surface area contributed by atoms with Gasteiger partial charge >= 0.3 is 0 Å². The summed E-state index contributed by atoms with van der Waals surface area (Å²) in [6, 6.07) is 8.51. The smallest absolute Gasteiger partial charge is 0.251 e. The number of hydrogen-bond donors (Lipinski definition) is 2. The summed E-state index contributed by atoms with van der Waals surface area (Å²) in [5.41, 5.74) is 2.12.